The number of methoxy groups -OCH3 is 1. The van der Waals surface area contributed by atoms with Gasteiger partial charge in [-0.2, -0.15) is 4.98 Å². The van der Waals surface area contributed by atoms with Gasteiger partial charge in [-0.25, -0.2) is 9.78 Å². The number of ether oxygens (including phenoxy) is 1. The van der Waals surface area contributed by atoms with Crippen molar-refractivity contribution in [2.75, 3.05) is 61.5 Å². The molecule has 0 atom stereocenters. The maximum atomic E-state index is 12.6. The van der Waals surface area contributed by atoms with Crippen molar-refractivity contribution in [3.63, 3.8) is 0 Å². The van der Waals surface area contributed by atoms with E-state index in [-0.39, 0.29) is 6.03 Å². The Bertz CT molecular complexity index is 858. The normalized spacial score (nSPS) is 17.1. The summed E-state index contributed by atoms with van der Waals surface area (Å²) >= 11 is 0. The molecule has 30 heavy (non-hydrogen) atoms. The number of aryl methyl sites for hydroxylation is 1. The van der Waals surface area contributed by atoms with Gasteiger partial charge < -0.3 is 24.8 Å². The predicted molar refractivity (Wildman–Crippen MR) is 119 cm³/mol. The molecule has 2 aromatic rings. The molecule has 0 aliphatic carbocycles. The molecule has 160 valence electrons. The molecule has 0 bridgehead atoms. The summed E-state index contributed by atoms with van der Waals surface area (Å²) in [6.45, 7) is 6.91. The number of benzene rings is 1. The molecule has 8 nitrogen and oxygen atoms in total. The minimum absolute atomic E-state index is 0.0762. The van der Waals surface area contributed by atoms with E-state index in [1.54, 1.807) is 7.11 Å². The quantitative estimate of drug-likeness (QED) is 0.835. The van der Waals surface area contributed by atoms with Gasteiger partial charge in [0.05, 0.1) is 7.11 Å². The highest BCUT2D eigenvalue weighted by Crippen LogP contribution is 2.22. The number of nitrogens with one attached hydrogen (secondary N) is 1. The number of aromatic nitrogens is 2. The number of rotatable bonds is 4. The van der Waals surface area contributed by atoms with Crippen molar-refractivity contribution < 1.29 is 9.53 Å². The van der Waals surface area contributed by atoms with Crippen LogP contribution in [-0.4, -0.2) is 67.3 Å². The lowest BCUT2D eigenvalue weighted by Crippen LogP contribution is -2.50. The zero-order valence-corrected chi connectivity index (χ0v) is 17.8. The highest BCUT2D eigenvalue weighted by molar-refractivity contribution is 5.89. The number of amides is 2. The maximum Gasteiger partial charge on any atom is 0.321 e. The summed E-state index contributed by atoms with van der Waals surface area (Å²) in [5, 5.41) is 2.96. The Morgan fingerprint density at radius 3 is 2.30 bits per heavy atom. The van der Waals surface area contributed by atoms with Gasteiger partial charge in [0, 0.05) is 56.7 Å². The average Bonchev–Trinajstić information content (AvgIpc) is 2.80. The fourth-order valence-corrected chi connectivity index (χ4v) is 3.95. The molecule has 1 aromatic carbocycles. The molecular formula is C22H30N6O2. The summed E-state index contributed by atoms with van der Waals surface area (Å²) in [5.41, 5.74) is 1.75. The van der Waals surface area contributed by atoms with Gasteiger partial charge in [-0.3, -0.25) is 0 Å². The summed E-state index contributed by atoms with van der Waals surface area (Å²) in [6.07, 6.45) is 3.69. The average molecular weight is 411 g/mol. The molecule has 0 spiro atoms. The van der Waals surface area contributed by atoms with Gasteiger partial charge in [0.2, 0.25) is 5.95 Å². The van der Waals surface area contributed by atoms with Gasteiger partial charge in [-0.1, -0.05) is 0 Å². The molecule has 2 saturated heterocycles. The van der Waals surface area contributed by atoms with Crippen LogP contribution in [0.2, 0.25) is 0 Å². The van der Waals surface area contributed by atoms with E-state index < -0.39 is 0 Å². The summed E-state index contributed by atoms with van der Waals surface area (Å²) in [4.78, 5) is 28.5. The van der Waals surface area contributed by atoms with E-state index in [0.717, 1.165) is 55.1 Å². The van der Waals surface area contributed by atoms with Crippen molar-refractivity contribution in [3.05, 3.63) is 36.0 Å². The molecule has 2 aliphatic heterocycles. The van der Waals surface area contributed by atoms with Gasteiger partial charge in [-0.15, -0.1) is 0 Å². The highest BCUT2D eigenvalue weighted by Gasteiger charge is 2.23. The van der Waals surface area contributed by atoms with Crippen molar-refractivity contribution in [1.29, 1.82) is 0 Å². The third-order valence-corrected chi connectivity index (χ3v) is 5.70. The second kappa shape index (κ2) is 9.19. The highest BCUT2D eigenvalue weighted by atomic mass is 16.5. The van der Waals surface area contributed by atoms with Gasteiger partial charge in [0.15, 0.2) is 0 Å². The molecular weight excluding hydrogens is 380 g/mol. The van der Waals surface area contributed by atoms with Crippen LogP contribution in [0.4, 0.5) is 22.2 Å². The summed E-state index contributed by atoms with van der Waals surface area (Å²) in [6, 6.07) is 9.33. The van der Waals surface area contributed by atoms with E-state index in [9.17, 15) is 4.79 Å². The standard InChI is InChI=1S/C22H30N6O2/c1-17-16-20(25-21(23-17)27-10-4-3-5-11-27)26-12-14-28(15-13-26)22(29)24-18-6-8-19(30-2)9-7-18/h6-9,16H,3-5,10-15H2,1-2H3,(H,24,29). The number of carbonyl (C=O) groups is 1. The van der Waals surface area contributed by atoms with Gasteiger partial charge in [-0.05, 0) is 50.5 Å². The Balaban J connectivity index is 1.35. The van der Waals surface area contributed by atoms with Gasteiger partial charge >= 0.3 is 6.03 Å². The number of urea groups is 1. The Labute approximate surface area is 177 Å². The molecule has 4 rings (SSSR count). The number of nitrogens with zero attached hydrogens (tertiary/aromatic N) is 5. The first-order valence-corrected chi connectivity index (χ1v) is 10.7. The van der Waals surface area contributed by atoms with Crippen molar-refractivity contribution in [2.45, 2.75) is 26.2 Å². The number of anilines is 3. The summed E-state index contributed by atoms with van der Waals surface area (Å²) in [7, 11) is 1.63. The predicted octanol–water partition coefficient (Wildman–Crippen LogP) is 3.14. The van der Waals surface area contributed by atoms with E-state index in [1.165, 1.54) is 19.3 Å². The molecule has 3 heterocycles. The summed E-state index contributed by atoms with van der Waals surface area (Å²) < 4.78 is 5.16. The molecule has 2 aliphatic rings. The lowest BCUT2D eigenvalue weighted by atomic mass is 10.1. The van der Waals surface area contributed by atoms with Crippen LogP contribution in [0.25, 0.3) is 0 Å². The fourth-order valence-electron chi connectivity index (χ4n) is 3.95. The Kier molecular flexibility index (Phi) is 6.21. The fraction of sp³-hybridized carbons (Fsp3) is 0.500. The SMILES string of the molecule is COc1ccc(NC(=O)N2CCN(c3cc(C)nc(N4CCCCC4)n3)CC2)cc1. The van der Waals surface area contributed by atoms with E-state index in [1.807, 2.05) is 42.2 Å². The van der Waals surface area contributed by atoms with Gasteiger partial charge in [0.25, 0.3) is 0 Å². The van der Waals surface area contributed by atoms with Crippen molar-refractivity contribution in [1.82, 2.24) is 14.9 Å². The number of piperazine rings is 1. The summed E-state index contributed by atoms with van der Waals surface area (Å²) in [5.74, 6) is 2.56. The number of piperidine rings is 1. The van der Waals surface area contributed by atoms with Crippen LogP contribution in [0.1, 0.15) is 25.0 Å². The topological polar surface area (TPSA) is 73.8 Å². The van der Waals surface area contributed by atoms with E-state index in [0.29, 0.717) is 13.1 Å². The molecule has 1 aromatic heterocycles. The monoisotopic (exact) mass is 410 g/mol. The second-order valence-corrected chi connectivity index (χ2v) is 7.85. The number of hydrogen-bond acceptors (Lipinski definition) is 6. The van der Waals surface area contributed by atoms with Crippen molar-refractivity contribution >= 4 is 23.5 Å². The van der Waals surface area contributed by atoms with Crippen molar-refractivity contribution in [3.8, 4) is 5.75 Å². The second-order valence-electron chi connectivity index (χ2n) is 7.85. The number of hydrogen-bond donors (Lipinski definition) is 1. The van der Waals surface area contributed by atoms with E-state index in [2.05, 4.69) is 20.1 Å². The van der Waals surface area contributed by atoms with Crippen LogP contribution < -0.4 is 19.9 Å². The molecule has 2 fully saturated rings. The van der Waals surface area contributed by atoms with Crippen LogP contribution in [0.3, 0.4) is 0 Å². The molecule has 0 saturated carbocycles. The zero-order valence-electron chi connectivity index (χ0n) is 17.8. The molecule has 0 unspecified atom stereocenters. The first kappa shape index (κ1) is 20.3. The van der Waals surface area contributed by atoms with Crippen LogP contribution in [0.5, 0.6) is 5.75 Å². The molecule has 8 heteroatoms. The molecule has 1 N–H and O–H groups in total. The first-order valence-electron chi connectivity index (χ1n) is 10.7. The third kappa shape index (κ3) is 4.75. The Hall–Kier alpha value is -3.03. The minimum atomic E-state index is -0.0762. The number of carbonyl (C=O) groups excluding carboxylic acids is 1. The Morgan fingerprint density at radius 2 is 1.63 bits per heavy atom. The molecule has 2 amide bonds. The lowest BCUT2D eigenvalue weighted by Gasteiger charge is -2.36. The maximum absolute atomic E-state index is 12.6. The van der Waals surface area contributed by atoms with Crippen LogP contribution >= 0.6 is 0 Å². The Morgan fingerprint density at radius 1 is 0.933 bits per heavy atom. The largest absolute Gasteiger partial charge is 0.497 e. The van der Waals surface area contributed by atoms with Crippen LogP contribution in [-0.2, 0) is 0 Å². The zero-order chi connectivity index (χ0) is 20.9. The minimum Gasteiger partial charge on any atom is -0.497 e. The van der Waals surface area contributed by atoms with Crippen LogP contribution in [0.15, 0.2) is 30.3 Å². The van der Waals surface area contributed by atoms with E-state index in [4.69, 9.17) is 9.72 Å². The first-order chi connectivity index (χ1) is 14.6. The molecule has 0 radical (unpaired) electrons. The van der Waals surface area contributed by atoms with E-state index >= 15 is 0 Å². The third-order valence-electron chi connectivity index (χ3n) is 5.70. The van der Waals surface area contributed by atoms with Crippen LogP contribution in [0, 0.1) is 6.92 Å². The van der Waals surface area contributed by atoms with Crippen molar-refractivity contribution in [2.24, 2.45) is 0 Å². The smallest absolute Gasteiger partial charge is 0.321 e. The van der Waals surface area contributed by atoms with Gasteiger partial charge in [0.1, 0.15) is 11.6 Å². The lowest BCUT2D eigenvalue weighted by molar-refractivity contribution is 0.208.